The lowest BCUT2D eigenvalue weighted by Crippen LogP contribution is -2.35. The van der Waals surface area contributed by atoms with Gasteiger partial charge >= 0.3 is 5.97 Å². The van der Waals surface area contributed by atoms with Crippen molar-refractivity contribution in [3.63, 3.8) is 0 Å². The Morgan fingerprint density at radius 3 is 3.00 bits per heavy atom. The molecule has 0 aromatic carbocycles. The highest BCUT2D eigenvalue weighted by atomic mass is 16.4. The molecule has 2 aliphatic rings. The number of aliphatic carboxylic acids is 1. The van der Waals surface area contributed by atoms with E-state index in [0.29, 0.717) is 6.54 Å². The monoisotopic (exact) mass is 261 g/mol. The number of hydrogen-bond acceptors (Lipinski definition) is 4. The molecule has 5 nitrogen and oxygen atoms in total. The molecule has 1 N–H and O–H groups in total. The Morgan fingerprint density at radius 2 is 2.26 bits per heavy atom. The van der Waals surface area contributed by atoms with Gasteiger partial charge in [-0.25, -0.2) is 4.98 Å². The Kier molecular flexibility index (Phi) is 3.38. The Bertz CT molecular complexity index is 474. The summed E-state index contributed by atoms with van der Waals surface area (Å²) in [6, 6.07) is 3.99. The molecule has 1 saturated carbocycles. The zero-order chi connectivity index (χ0) is 13.2. The highest BCUT2D eigenvalue weighted by molar-refractivity contribution is 5.69. The van der Waals surface area contributed by atoms with Gasteiger partial charge in [0, 0.05) is 37.9 Å². The van der Waals surface area contributed by atoms with E-state index in [1.807, 2.05) is 17.2 Å². The second kappa shape index (κ2) is 5.17. The van der Waals surface area contributed by atoms with Crippen LogP contribution in [-0.4, -0.2) is 47.1 Å². The number of carbonyl (C=O) groups is 1. The number of rotatable bonds is 4. The normalized spacial score (nSPS) is 19.9. The summed E-state index contributed by atoms with van der Waals surface area (Å²) >= 11 is 0. The van der Waals surface area contributed by atoms with Crippen molar-refractivity contribution in [2.45, 2.75) is 19.4 Å². The van der Waals surface area contributed by atoms with Crippen LogP contribution >= 0.6 is 0 Å². The number of fused-ring (bicyclic) bond motifs is 1. The predicted octanol–water partition coefficient (Wildman–Crippen LogP) is 1.20. The van der Waals surface area contributed by atoms with Crippen molar-refractivity contribution in [2.24, 2.45) is 5.92 Å². The van der Waals surface area contributed by atoms with Gasteiger partial charge in [-0.3, -0.25) is 9.69 Å². The fraction of sp³-hybridized carbons (Fsp3) is 0.571. The lowest BCUT2D eigenvalue weighted by molar-refractivity contribution is -0.138. The summed E-state index contributed by atoms with van der Waals surface area (Å²) in [5, 5.41) is 8.96. The standard InChI is InChI=1S/C14H19N3O2/c18-13(19)10-16-6-7-17(8-11-3-4-11)14-12(9-16)2-1-5-15-14/h1-2,5,11H,3-4,6-10H2,(H,18,19). The maximum atomic E-state index is 10.9. The first kappa shape index (κ1) is 12.4. The van der Waals surface area contributed by atoms with Gasteiger partial charge in [0.1, 0.15) is 5.82 Å². The molecule has 5 heteroatoms. The molecule has 0 spiro atoms. The molecule has 0 atom stereocenters. The van der Waals surface area contributed by atoms with Crippen LogP contribution in [0.1, 0.15) is 18.4 Å². The van der Waals surface area contributed by atoms with Gasteiger partial charge in [-0.15, -0.1) is 0 Å². The van der Waals surface area contributed by atoms with Crippen LogP contribution in [0.2, 0.25) is 0 Å². The van der Waals surface area contributed by atoms with E-state index >= 15 is 0 Å². The summed E-state index contributed by atoms with van der Waals surface area (Å²) < 4.78 is 0. The molecule has 0 radical (unpaired) electrons. The molecular weight excluding hydrogens is 242 g/mol. The van der Waals surface area contributed by atoms with Crippen molar-refractivity contribution < 1.29 is 9.90 Å². The fourth-order valence-corrected chi connectivity index (χ4v) is 2.64. The molecule has 1 fully saturated rings. The third kappa shape index (κ3) is 3.04. The molecule has 1 aromatic rings. The van der Waals surface area contributed by atoms with Crippen molar-refractivity contribution in [3.05, 3.63) is 23.9 Å². The molecule has 19 heavy (non-hydrogen) atoms. The van der Waals surface area contributed by atoms with E-state index in [1.54, 1.807) is 0 Å². The lowest BCUT2D eigenvalue weighted by atomic mass is 10.2. The third-order valence-corrected chi connectivity index (χ3v) is 3.78. The number of carboxylic acid groups (broad SMARTS) is 1. The smallest absolute Gasteiger partial charge is 0.317 e. The Hall–Kier alpha value is -1.62. The van der Waals surface area contributed by atoms with E-state index in [2.05, 4.69) is 16.0 Å². The second-order valence-electron chi connectivity index (χ2n) is 5.48. The SMILES string of the molecule is O=C(O)CN1CCN(CC2CC2)c2ncccc2C1. The minimum Gasteiger partial charge on any atom is -0.480 e. The summed E-state index contributed by atoms with van der Waals surface area (Å²) in [7, 11) is 0. The minimum absolute atomic E-state index is 0.103. The van der Waals surface area contributed by atoms with E-state index < -0.39 is 5.97 Å². The summed E-state index contributed by atoms with van der Waals surface area (Å²) in [6.07, 6.45) is 4.46. The fourth-order valence-electron chi connectivity index (χ4n) is 2.64. The summed E-state index contributed by atoms with van der Waals surface area (Å²) in [5.41, 5.74) is 1.14. The summed E-state index contributed by atoms with van der Waals surface area (Å²) in [4.78, 5) is 19.7. The number of hydrogen-bond donors (Lipinski definition) is 1. The molecule has 3 rings (SSSR count). The van der Waals surface area contributed by atoms with E-state index in [-0.39, 0.29) is 6.54 Å². The maximum Gasteiger partial charge on any atom is 0.317 e. The topological polar surface area (TPSA) is 56.7 Å². The van der Waals surface area contributed by atoms with Crippen molar-refractivity contribution in [3.8, 4) is 0 Å². The van der Waals surface area contributed by atoms with Crippen LogP contribution < -0.4 is 4.90 Å². The van der Waals surface area contributed by atoms with Crippen LogP contribution in [0.15, 0.2) is 18.3 Å². The van der Waals surface area contributed by atoms with Crippen molar-refractivity contribution in [1.82, 2.24) is 9.88 Å². The van der Waals surface area contributed by atoms with E-state index in [9.17, 15) is 4.79 Å². The van der Waals surface area contributed by atoms with Gasteiger partial charge in [0.15, 0.2) is 0 Å². The molecule has 0 saturated heterocycles. The molecule has 0 bridgehead atoms. The highest BCUT2D eigenvalue weighted by Crippen LogP contribution is 2.32. The van der Waals surface area contributed by atoms with Gasteiger partial charge in [-0.1, -0.05) is 6.07 Å². The van der Waals surface area contributed by atoms with Gasteiger partial charge < -0.3 is 10.0 Å². The zero-order valence-electron chi connectivity index (χ0n) is 11.0. The number of anilines is 1. The lowest BCUT2D eigenvalue weighted by Gasteiger charge is -2.23. The van der Waals surface area contributed by atoms with Crippen molar-refractivity contribution in [1.29, 1.82) is 0 Å². The van der Waals surface area contributed by atoms with Gasteiger partial charge in [0.2, 0.25) is 0 Å². The molecule has 1 aliphatic carbocycles. The highest BCUT2D eigenvalue weighted by Gasteiger charge is 2.28. The van der Waals surface area contributed by atoms with Gasteiger partial charge in [0.25, 0.3) is 0 Å². The second-order valence-corrected chi connectivity index (χ2v) is 5.48. The number of pyridine rings is 1. The van der Waals surface area contributed by atoms with Crippen LogP contribution in [0.3, 0.4) is 0 Å². The van der Waals surface area contributed by atoms with Crippen LogP contribution in [0.25, 0.3) is 0 Å². The number of nitrogens with zero attached hydrogens (tertiary/aromatic N) is 3. The minimum atomic E-state index is -0.763. The van der Waals surface area contributed by atoms with E-state index in [1.165, 1.54) is 12.8 Å². The first-order chi connectivity index (χ1) is 9.22. The predicted molar refractivity (Wildman–Crippen MR) is 72.1 cm³/mol. The van der Waals surface area contributed by atoms with Crippen molar-refractivity contribution >= 4 is 11.8 Å². The van der Waals surface area contributed by atoms with E-state index in [0.717, 1.165) is 36.9 Å². The molecule has 0 amide bonds. The van der Waals surface area contributed by atoms with Gasteiger partial charge in [0.05, 0.1) is 6.54 Å². The molecule has 0 unspecified atom stereocenters. The van der Waals surface area contributed by atoms with Crippen molar-refractivity contribution in [2.75, 3.05) is 31.1 Å². The molecule has 2 heterocycles. The molecule has 102 valence electrons. The molecular formula is C14H19N3O2. The summed E-state index contributed by atoms with van der Waals surface area (Å²) in [6.45, 7) is 3.50. The average molecular weight is 261 g/mol. The average Bonchev–Trinajstić information content (AvgIpc) is 3.18. The number of carboxylic acids is 1. The Balaban J connectivity index is 1.80. The van der Waals surface area contributed by atoms with Crippen LogP contribution in [0.5, 0.6) is 0 Å². The third-order valence-electron chi connectivity index (χ3n) is 3.78. The summed E-state index contributed by atoms with van der Waals surface area (Å²) in [5.74, 6) is 1.09. The van der Waals surface area contributed by atoms with Crippen LogP contribution in [-0.2, 0) is 11.3 Å². The quantitative estimate of drug-likeness (QED) is 0.882. The first-order valence-electron chi connectivity index (χ1n) is 6.85. The van der Waals surface area contributed by atoms with Crippen LogP contribution in [0, 0.1) is 5.92 Å². The molecule has 1 aliphatic heterocycles. The van der Waals surface area contributed by atoms with E-state index in [4.69, 9.17) is 5.11 Å². The zero-order valence-corrected chi connectivity index (χ0v) is 11.0. The van der Waals surface area contributed by atoms with Gasteiger partial charge in [-0.05, 0) is 24.8 Å². The largest absolute Gasteiger partial charge is 0.480 e. The van der Waals surface area contributed by atoms with Crippen LogP contribution in [0.4, 0.5) is 5.82 Å². The number of aromatic nitrogens is 1. The van der Waals surface area contributed by atoms with Gasteiger partial charge in [-0.2, -0.15) is 0 Å². The maximum absolute atomic E-state index is 10.9. The Morgan fingerprint density at radius 1 is 1.42 bits per heavy atom. The molecule has 1 aromatic heterocycles. The Labute approximate surface area is 112 Å². The first-order valence-corrected chi connectivity index (χ1v) is 6.85.